The molecule has 1 aliphatic heterocycles. The number of nitrogens with one attached hydrogen (secondary N) is 1. The summed E-state index contributed by atoms with van der Waals surface area (Å²) in [6.07, 6.45) is -1.82. The molecule has 34 heavy (non-hydrogen) atoms. The second-order valence-electron chi connectivity index (χ2n) is 9.07. The van der Waals surface area contributed by atoms with Gasteiger partial charge in [-0.15, -0.1) is 0 Å². The van der Waals surface area contributed by atoms with Crippen LogP contribution in [0.15, 0.2) is 48.5 Å². The Balaban J connectivity index is 1.45. The van der Waals surface area contributed by atoms with E-state index in [1.165, 1.54) is 0 Å². The molecule has 9 heteroatoms. The lowest BCUT2D eigenvalue weighted by atomic mass is 9.98. The molecule has 1 heterocycles. The molecule has 1 saturated heterocycles. The minimum absolute atomic E-state index is 0.0262. The fourth-order valence-corrected chi connectivity index (χ4v) is 4.73. The molecule has 2 aromatic rings. The average Bonchev–Trinajstić information content (AvgIpc) is 3.30. The number of alkyl carbamates (subject to hydrolysis) is 1. The number of amides is 2. The summed E-state index contributed by atoms with van der Waals surface area (Å²) in [5, 5.41) is 11.8. The van der Waals surface area contributed by atoms with E-state index in [0.717, 1.165) is 22.3 Å². The van der Waals surface area contributed by atoms with Crippen LogP contribution in [0.25, 0.3) is 11.1 Å². The topological polar surface area (TPSA) is 95.9 Å². The van der Waals surface area contributed by atoms with E-state index in [9.17, 15) is 28.3 Å². The van der Waals surface area contributed by atoms with Gasteiger partial charge in [-0.25, -0.2) is 18.4 Å². The van der Waals surface area contributed by atoms with Crippen LogP contribution < -0.4 is 5.32 Å². The third kappa shape index (κ3) is 4.47. The van der Waals surface area contributed by atoms with E-state index in [-0.39, 0.29) is 12.5 Å². The van der Waals surface area contributed by atoms with Gasteiger partial charge in [-0.2, -0.15) is 0 Å². The first-order chi connectivity index (χ1) is 16.1. The number of carbonyl (C=O) groups excluding carboxylic acids is 2. The molecule has 0 aromatic heterocycles. The van der Waals surface area contributed by atoms with E-state index in [2.05, 4.69) is 5.32 Å². The number of fused-ring (bicyclic) bond motifs is 3. The molecule has 2 aromatic carbocycles. The summed E-state index contributed by atoms with van der Waals surface area (Å²) >= 11 is 0. The molecule has 180 valence electrons. The molecule has 0 unspecified atom stereocenters. The number of halogens is 2. The lowest BCUT2D eigenvalue weighted by Gasteiger charge is -2.29. The molecule has 2 aliphatic rings. The number of carbonyl (C=O) groups is 3. The molecule has 4 rings (SSSR count). The van der Waals surface area contributed by atoms with Crippen molar-refractivity contribution in [3.63, 3.8) is 0 Å². The molecular formula is C25H26F2N2O5. The number of hydrogen-bond donors (Lipinski definition) is 2. The molecule has 7 nitrogen and oxygen atoms in total. The molecule has 0 bridgehead atoms. The molecule has 2 atom stereocenters. The summed E-state index contributed by atoms with van der Waals surface area (Å²) in [6, 6.07) is 12.8. The number of aliphatic carboxylic acids is 1. The zero-order valence-corrected chi connectivity index (χ0v) is 18.8. The van der Waals surface area contributed by atoms with Crippen molar-refractivity contribution in [2.75, 3.05) is 13.2 Å². The van der Waals surface area contributed by atoms with Gasteiger partial charge in [0.25, 0.3) is 5.92 Å². The van der Waals surface area contributed by atoms with Gasteiger partial charge in [-0.1, -0.05) is 62.4 Å². The Labute approximate surface area is 195 Å². The molecule has 0 spiro atoms. The summed E-state index contributed by atoms with van der Waals surface area (Å²) in [6.45, 7) is 2.30. The van der Waals surface area contributed by atoms with Crippen LogP contribution in [0.2, 0.25) is 0 Å². The zero-order valence-electron chi connectivity index (χ0n) is 18.8. The Bertz CT molecular complexity index is 1070. The van der Waals surface area contributed by atoms with E-state index >= 15 is 0 Å². The van der Waals surface area contributed by atoms with Crippen LogP contribution in [0, 0.1) is 5.92 Å². The Morgan fingerprint density at radius 3 is 2.18 bits per heavy atom. The lowest BCUT2D eigenvalue weighted by Crippen LogP contribution is -2.54. The van der Waals surface area contributed by atoms with E-state index in [4.69, 9.17) is 4.74 Å². The first kappa shape index (κ1) is 23.7. The van der Waals surface area contributed by atoms with Gasteiger partial charge in [-0.3, -0.25) is 4.79 Å². The molecule has 2 N–H and O–H groups in total. The van der Waals surface area contributed by atoms with Gasteiger partial charge < -0.3 is 20.1 Å². The van der Waals surface area contributed by atoms with E-state index in [1.54, 1.807) is 13.8 Å². The third-order valence-corrected chi connectivity index (χ3v) is 6.39. The minimum Gasteiger partial charge on any atom is -0.480 e. The highest BCUT2D eigenvalue weighted by Crippen LogP contribution is 2.44. The zero-order chi connectivity index (χ0) is 24.6. The van der Waals surface area contributed by atoms with Crippen molar-refractivity contribution in [3.8, 4) is 11.1 Å². The van der Waals surface area contributed by atoms with Crippen LogP contribution in [0.1, 0.15) is 37.3 Å². The molecule has 0 saturated carbocycles. The first-order valence-corrected chi connectivity index (χ1v) is 11.1. The molecule has 2 amide bonds. The van der Waals surface area contributed by atoms with Gasteiger partial charge in [0.2, 0.25) is 5.91 Å². The first-order valence-electron chi connectivity index (χ1n) is 11.1. The normalized spacial score (nSPS) is 19.4. The number of alkyl halides is 2. The quantitative estimate of drug-likeness (QED) is 0.666. The lowest BCUT2D eigenvalue weighted by molar-refractivity contribution is -0.149. The number of hydrogen-bond acceptors (Lipinski definition) is 4. The van der Waals surface area contributed by atoms with Crippen molar-refractivity contribution in [1.82, 2.24) is 10.2 Å². The molecule has 0 radical (unpaired) electrons. The predicted molar refractivity (Wildman–Crippen MR) is 120 cm³/mol. The summed E-state index contributed by atoms with van der Waals surface area (Å²) in [5.74, 6) is -6.33. The van der Waals surface area contributed by atoms with E-state index in [1.807, 2.05) is 48.5 Å². The van der Waals surface area contributed by atoms with Crippen LogP contribution >= 0.6 is 0 Å². The second-order valence-corrected chi connectivity index (χ2v) is 9.07. The van der Waals surface area contributed by atoms with E-state index < -0.39 is 54.9 Å². The van der Waals surface area contributed by atoms with Gasteiger partial charge in [0.1, 0.15) is 18.7 Å². The summed E-state index contributed by atoms with van der Waals surface area (Å²) in [5.41, 5.74) is 4.18. The van der Waals surface area contributed by atoms with Crippen LogP contribution in [-0.4, -0.2) is 59.1 Å². The number of rotatable bonds is 6. The van der Waals surface area contributed by atoms with Crippen LogP contribution in [-0.2, 0) is 14.3 Å². The van der Waals surface area contributed by atoms with Gasteiger partial charge >= 0.3 is 12.1 Å². The predicted octanol–water partition coefficient (Wildman–Crippen LogP) is 3.87. The smallest absolute Gasteiger partial charge is 0.407 e. The highest BCUT2D eigenvalue weighted by Gasteiger charge is 2.51. The van der Waals surface area contributed by atoms with Gasteiger partial charge in [0, 0.05) is 12.3 Å². The number of ether oxygens (including phenoxy) is 1. The van der Waals surface area contributed by atoms with Crippen LogP contribution in [0.3, 0.4) is 0 Å². The van der Waals surface area contributed by atoms with E-state index in [0.29, 0.717) is 4.90 Å². The van der Waals surface area contributed by atoms with Gasteiger partial charge in [-0.05, 0) is 28.2 Å². The summed E-state index contributed by atoms with van der Waals surface area (Å²) in [7, 11) is 0. The van der Waals surface area contributed by atoms with Crippen molar-refractivity contribution >= 4 is 18.0 Å². The average molecular weight is 472 g/mol. The maximum atomic E-state index is 13.9. The number of benzene rings is 2. The number of carboxylic acids is 1. The SMILES string of the molecule is CC(C)[C@@H](NC(=O)OCC1c2ccccc2-c2ccccc21)C(=O)N1CC(F)(F)C[C@H]1C(=O)O. The van der Waals surface area contributed by atoms with Crippen LogP contribution in [0.4, 0.5) is 13.6 Å². The van der Waals surface area contributed by atoms with Crippen molar-refractivity contribution < 1.29 is 33.0 Å². The Hall–Kier alpha value is -3.49. The fraction of sp³-hybridized carbons (Fsp3) is 0.400. The Morgan fingerprint density at radius 2 is 1.65 bits per heavy atom. The standard InChI is InChI=1S/C25H26F2N2O5/c1-14(2)21(22(30)29-13-25(26,27)11-20(29)23(31)32)28-24(33)34-12-19-17-9-5-3-7-15(17)16-8-4-6-10-18(16)19/h3-10,14,19-21H,11-13H2,1-2H3,(H,28,33)(H,31,32)/t20-,21+/m0/s1. The van der Waals surface area contributed by atoms with Crippen LogP contribution in [0.5, 0.6) is 0 Å². The Morgan fingerprint density at radius 1 is 1.09 bits per heavy atom. The van der Waals surface area contributed by atoms with Gasteiger partial charge in [0.15, 0.2) is 0 Å². The highest BCUT2D eigenvalue weighted by molar-refractivity contribution is 5.90. The molecule has 1 aliphatic carbocycles. The summed E-state index contributed by atoms with van der Waals surface area (Å²) in [4.78, 5) is 37.7. The number of carboxylic acid groups (broad SMARTS) is 1. The fourth-order valence-electron chi connectivity index (χ4n) is 4.73. The molecule has 1 fully saturated rings. The minimum atomic E-state index is -3.30. The van der Waals surface area contributed by atoms with Gasteiger partial charge in [0.05, 0.1) is 6.54 Å². The van der Waals surface area contributed by atoms with Crippen molar-refractivity contribution in [1.29, 1.82) is 0 Å². The highest BCUT2D eigenvalue weighted by atomic mass is 19.3. The summed E-state index contributed by atoms with van der Waals surface area (Å²) < 4.78 is 33.2. The maximum Gasteiger partial charge on any atom is 0.407 e. The second kappa shape index (κ2) is 9.04. The third-order valence-electron chi connectivity index (χ3n) is 6.39. The van der Waals surface area contributed by atoms with Crippen molar-refractivity contribution in [2.24, 2.45) is 5.92 Å². The van der Waals surface area contributed by atoms with Crippen molar-refractivity contribution in [3.05, 3.63) is 59.7 Å². The number of likely N-dealkylation sites (tertiary alicyclic amines) is 1. The largest absolute Gasteiger partial charge is 0.480 e. The number of nitrogens with zero attached hydrogens (tertiary/aromatic N) is 1. The maximum absolute atomic E-state index is 13.9. The monoisotopic (exact) mass is 472 g/mol. The molecular weight excluding hydrogens is 446 g/mol. The van der Waals surface area contributed by atoms with Crippen molar-refractivity contribution in [2.45, 2.75) is 44.2 Å². The Kier molecular flexibility index (Phi) is 6.29.